The van der Waals surface area contributed by atoms with Gasteiger partial charge in [0.2, 0.25) is 0 Å². The Morgan fingerprint density at radius 3 is 0.696 bits per heavy atom. The zero-order valence-corrected chi connectivity index (χ0v) is 69.0. The van der Waals surface area contributed by atoms with Crippen molar-refractivity contribution in [1.82, 2.24) is 0 Å². The number of aliphatic hydroxyl groups excluding tert-OH is 1. The van der Waals surface area contributed by atoms with Crippen LogP contribution in [0.4, 0.5) is 0 Å². The van der Waals surface area contributed by atoms with E-state index < -0.39 is 97.5 Å². The molecular formula is C83H162O17P2. The fourth-order valence-electron chi connectivity index (χ4n) is 12.8. The fraction of sp³-hybridized carbons (Fsp3) is 0.952. The molecule has 17 nitrogen and oxygen atoms in total. The summed E-state index contributed by atoms with van der Waals surface area (Å²) in [4.78, 5) is 73.1. The van der Waals surface area contributed by atoms with Crippen molar-refractivity contribution in [2.75, 3.05) is 39.6 Å². The Morgan fingerprint density at radius 1 is 0.275 bits per heavy atom. The molecule has 0 fully saturated rings. The number of hydrogen-bond acceptors (Lipinski definition) is 15. The molecule has 0 aromatic rings. The second-order valence-corrected chi connectivity index (χ2v) is 34.4. The SMILES string of the molecule is CCC(C)CCCCCCCCCCCCCCCCC(=O)O[C@H](COC(=O)CCCCCCCCC(C)C)COP(=O)(O)OC[C@H](O)COP(=O)(O)OC[C@@H](COC(=O)CCCCCCCCCCCCCCCCCC(C)C)OC(=O)CCCCCCCCCCCCCCCCC(C)C. The molecule has 0 spiro atoms. The molecule has 19 heteroatoms. The van der Waals surface area contributed by atoms with Crippen LogP contribution in [0, 0.1) is 23.7 Å². The fourth-order valence-corrected chi connectivity index (χ4v) is 14.3. The lowest BCUT2D eigenvalue weighted by Crippen LogP contribution is -2.30. The molecule has 3 unspecified atom stereocenters. The van der Waals surface area contributed by atoms with E-state index in [4.69, 9.17) is 37.0 Å². The summed E-state index contributed by atoms with van der Waals surface area (Å²) < 4.78 is 68.8. The highest BCUT2D eigenvalue weighted by Crippen LogP contribution is 2.45. The molecule has 0 radical (unpaired) electrons. The number of aliphatic hydroxyl groups is 1. The summed E-state index contributed by atoms with van der Waals surface area (Å²) in [6, 6.07) is 0. The number of rotatable bonds is 80. The van der Waals surface area contributed by atoms with Gasteiger partial charge in [-0.25, -0.2) is 9.13 Å². The van der Waals surface area contributed by atoms with Gasteiger partial charge in [0, 0.05) is 25.7 Å². The maximum Gasteiger partial charge on any atom is 0.472 e. The van der Waals surface area contributed by atoms with Crippen LogP contribution in [0.3, 0.4) is 0 Å². The summed E-state index contributed by atoms with van der Waals surface area (Å²) in [5, 5.41) is 10.7. The summed E-state index contributed by atoms with van der Waals surface area (Å²) in [7, 11) is -9.92. The normalized spacial score (nSPS) is 14.3. The van der Waals surface area contributed by atoms with Crippen molar-refractivity contribution in [1.29, 1.82) is 0 Å². The van der Waals surface area contributed by atoms with E-state index in [-0.39, 0.29) is 25.7 Å². The highest BCUT2D eigenvalue weighted by atomic mass is 31.2. The molecule has 0 aromatic heterocycles. The molecule has 0 aliphatic heterocycles. The highest BCUT2D eigenvalue weighted by Gasteiger charge is 2.30. The Balaban J connectivity index is 5.22. The first-order chi connectivity index (χ1) is 49.1. The molecule has 0 heterocycles. The van der Waals surface area contributed by atoms with Crippen LogP contribution in [0.1, 0.15) is 428 Å². The number of hydrogen-bond donors (Lipinski definition) is 3. The summed E-state index contributed by atoms with van der Waals surface area (Å²) in [5.74, 6) is 1.01. The first kappa shape index (κ1) is 100. The van der Waals surface area contributed by atoms with Crippen LogP contribution < -0.4 is 0 Å². The molecule has 102 heavy (non-hydrogen) atoms. The van der Waals surface area contributed by atoms with E-state index in [1.165, 1.54) is 225 Å². The molecule has 0 aliphatic rings. The first-order valence-electron chi connectivity index (χ1n) is 42.7. The highest BCUT2D eigenvalue weighted by molar-refractivity contribution is 7.47. The van der Waals surface area contributed by atoms with Gasteiger partial charge in [0.05, 0.1) is 26.4 Å². The monoisotopic (exact) mass is 1490 g/mol. The number of phosphoric acid groups is 2. The van der Waals surface area contributed by atoms with Crippen molar-refractivity contribution < 1.29 is 80.2 Å². The maximum absolute atomic E-state index is 13.1. The van der Waals surface area contributed by atoms with E-state index >= 15 is 0 Å². The molecule has 6 atom stereocenters. The largest absolute Gasteiger partial charge is 0.472 e. The molecule has 0 bridgehead atoms. The number of phosphoric ester groups is 2. The van der Waals surface area contributed by atoms with Crippen molar-refractivity contribution in [3.63, 3.8) is 0 Å². The van der Waals surface area contributed by atoms with Crippen LogP contribution in [0.25, 0.3) is 0 Å². The lowest BCUT2D eigenvalue weighted by atomic mass is 9.99. The van der Waals surface area contributed by atoms with Crippen LogP contribution in [0.15, 0.2) is 0 Å². The predicted octanol–water partition coefficient (Wildman–Crippen LogP) is 24.8. The number of carbonyl (C=O) groups excluding carboxylic acids is 4. The predicted molar refractivity (Wildman–Crippen MR) is 418 cm³/mol. The second-order valence-electron chi connectivity index (χ2n) is 31.5. The Kier molecular flexibility index (Phi) is 70.6. The van der Waals surface area contributed by atoms with Crippen LogP contribution in [0.5, 0.6) is 0 Å². The lowest BCUT2D eigenvalue weighted by Gasteiger charge is -2.21. The molecule has 3 N–H and O–H groups in total. The third-order valence-corrected chi connectivity index (χ3v) is 21.6. The molecule has 0 rings (SSSR count). The van der Waals surface area contributed by atoms with Gasteiger partial charge in [-0.3, -0.25) is 37.3 Å². The van der Waals surface area contributed by atoms with Crippen LogP contribution >= 0.6 is 15.6 Å². The van der Waals surface area contributed by atoms with Crippen LogP contribution in [-0.4, -0.2) is 96.7 Å². The number of esters is 4. The van der Waals surface area contributed by atoms with Crippen LogP contribution in [-0.2, 0) is 65.4 Å². The Labute approximate surface area is 626 Å². The van der Waals surface area contributed by atoms with Gasteiger partial charge in [0.25, 0.3) is 0 Å². The molecule has 0 saturated carbocycles. The third kappa shape index (κ3) is 74.9. The van der Waals surface area contributed by atoms with Crippen molar-refractivity contribution >= 4 is 39.5 Å². The Bertz CT molecular complexity index is 1990. The topological polar surface area (TPSA) is 237 Å². The summed E-state index contributed by atoms with van der Waals surface area (Å²) in [6.45, 7) is 14.3. The van der Waals surface area contributed by atoms with E-state index in [9.17, 15) is 43.2 Å². The zero-order valence-electron chi connectivity index (χ0n) is 67.2. The first-order valence-corrected chi connectivity index (χ1v) is 45.7. The van der Waals surface area contributed by atoms with Crippen molar-refractivity contribution in [3.8, 4) is 0 Å². The average molecular weight is 1490 g/mol. The Hall–Kier alpha value is -1.94. The third-order valence-electron chi connectivity index (χ3n) is 19.7. The summed E-state index contributed by atoms with van der Waals surface area (Å²) >= 11 is 0. The Morgan fingerprint density at radius 2 is 0.471 bits per heavy atom. The number of unbranched alkanes of at least 4 members (excludes halogenated alkanes) is 45. The summed E-state index contributed by atoms with van der Waals surface area (Å²) in [6.07, 6.45) is 59.7. The van der Waals surface area contributed by atoms with Gasteiger partial charge in [0.15, 0.2) is 12.2 Å². The lowest BCUT2D eigenvalue weighted by molar-refractivity contribution is -0.161. The standard InChI is InChI=1S/C83H162O17P2/c1-9-76(8)62-54-46-37-31-25-19-14-16-22-28-34-40-50-58-66-83(88)100-79(70-94-81(86)64-56-48-42-41-45-53-61-75(6)7)72-98-102(91,92)96-68-77(84)67-95-101(89,90)97-71-78(99-82(87)65-57-49-39-33-27-21-15-13-18-24-30-36-44-52-60-74(4)5)69-93-80(85)63-55-47-38-32-26-20-12-10-11-17-23-29-35-43-51-59-73(2)3/h73-79,84H,9-72H2,1-8H3,(H,89,90)(H,91,92)/t76?,77-,78-,79-/m1/s1. The summed E-state index contributed by atoms with van der Waals surface area (Å²) in [5.41, 5.74) is 0. The van der Waals surface area contributed by atoms with E-state index in [1.807, 2.05) is 0 Å². The number of ether oxygens (including phenoxy) is 4. The van der Waals surface area contributed by atoms with Gasteiger partial charge in [-0.1, -0.05) is 376 Å². The van der Waals surface area contributed by atoms with Gasteiger partial charge >= 0.3 is 39.5 Å². The minimum atomic E-state index is -4.96. The zero-order chi connectivity index (χ0) is 75.3. The molecule has 0 amide bonds. The minimum absolute atomic E-state index is 0.106. The quantitative estimate of drug-likeness (QED) is 0.0222. The van der Waals surface area contributed by atoms with Gasteiger partial charge < -0.3 is 33.8 Å². The number of carbonyl (C=O) groups is 4. The second kappa shape index (κ2) is 72.0. The smallest absolute Gasteiger partial charge is 0.462 e. The van der Waals surface area contributed by atoms with Crippen molar-refractivity contribution in [3.05, 3.63) is 0 Å². The van der Waals surface area contributed by atoms with Crippen LogP contribution in [0.2, 0.25) is 0 Å². The van der Waals surface area contributed by atoms with Gasteiger partial charge in [-0.2, -0.15) is 0 Å². The van der Waals surface area contributed by atoms with Crippen molar-refractivity contribution in [2.24, 2.45) is 23.7 Å². The maximum atomic E-state index is 13.1. The molecule has 0 saturated heterocycles. The molecule has 606 valence electrons. The van der Waals surface area contributed by atoms with E-state index in [1.54, 1.807) is 0 Å². The van der Waals surface area contributed by atoms with E-state index in [2.05, 4.69) is 55.4 Å². The van der Waals surface area contributed by atoms with E-state index in [0.717, 1.165) is 114 Å². The van der Waals surface area contributed by atoms with Gasteiger partial charge in [-0.05, 0) is 49.4 Å². The molecular weight excluding hydrogens is 1330 g/mol. The van der Waals surface area contributed by atoms with E-state index in [0.29, 0.717) is 31.6 Å². The van der Waals surface area contributed by atoms with Crippen molar-refractivity contribution in [2.45, 2.75) is 446 Å². The molecule has 0 aliphatic carbocycles. The van der Waals surface area contributed by atoms with Gasteiger partial charge in [0.1, 0.15) is 19.3 Å². The average Bonchev–Trinajstić information content (AvgIpc) is 0.911. The molecule has 0 aromatic carbocycles. The minimum Gasteiger partial charge on any atom is -0.462 e. The van der Waals surface area contributed by atoms with Gasteiger partial charge in [-0.15, -0.1) is 0 Å².